The number of rotatable bonds is 7. The highest BCUT2D eigenvalue weighted by Crippen LogP contribution is 2.21. The Labute approximate surface area is 182 Å². The number of aliphatic hydroxyl groups excluding tert-OH is 1. The summed E-state index contributed by atoms with van der Waals surface area (Å²) < 4.78 is 16.3. The number of carbonyl (C=O) groups is 1. The number of benzene rings is 2. The molecule has 0 aliphatic carbocycles. The summed E-state index contributed by atoms with van der Waals surface area (Å²) in [6.07, 6.45) is -0.437. The van der Waals surface area contributed by atoms with Crippen LogP contribution < -0.4 is 15.0 Å². The predicted molar refractivity (Wildman–Crippen MR) is 118 cm³/mol. The third kappa shape index (κ3) is 5.55. The van der Waals surface area contributed by atoms with Gasteiger partial charge in [0.05, 0.1) is 32.8 Å². The number of morpholine rings is 1. The quantitative estimate of drug-likeness (QED) is 0.651. The van der Waals surface area contributed by atoms with Crippen LogP contribution >= 0.6 is 0 Å². The topological polar surface area (TPSA) is 80.3 Å². The van der Waals surface area contributed by atoms with Crippen LogP contribution in [0.15, 0.2) is 48.5 Å². The van der Waals surface area contributed by atoms with Crippen LogP contribution in [0, 0.1) is 0 Å². The number of nitrogens with zero attached hydrogens (tertiary/aromatic N) is 1. The molecule has 2 fully saturated rings. The van der Waals surface area contributed by atoms with Crippen molar-refractivity contribution >= 4 is 11.7 Å². The number of methoxy groups -OCH3 is 1. The Bertz CT molecular complexity index is 849. The van der Waals surface area contributed by atoms with Crippen molar-refractivity contribution in [3.05, 3.63) is 59.7 Å². The molecule has 7 heteroatoms. The molecule has 2 aromatic carbocycles. The maximum Gasteiger partial charge on any atom is 0.310 e. The second kappa shape index (κ2) is 10.1. The van der Waals surface area contributed by atoms with Gasteiger partial charge >= 0.3 is 5.97 Å². The Kier molecular flexibility index (Phi) is 7.06. The summed E-state index contributed by atoms with van der Waals surface area (Å²) in [6.45, 7) is 3.65. The molecular formula is C24H30N2O5. The molecule has 2 N–H and O–H groups in total. The first kappa shape index (κ1) is 21.6. The Hall–Kier alpha value is -2.61. The van der Waals surface area contributed by atoms with Crippen molar-refractivity contribution in [1.29, 1.82) is 0 Å². The molecule has 4 rings (SSSR count). The molecule has 0 saturated carbocycles. The van der Waals surface area contributed by atoms with E-state index in [0.717, 1.165) is 48.9 Å². The van der Waals surface area contributed by atoms with Crippen LogP contribution in [0.4, 0.5) is 5.69 Å². The first-order valence-electron chi connectivity index (χ1n) is 10.8. The van der Waals surface area contributed by atoms with Gasteiger partial charge in [-0.05, 0) is 41.8 Å². The lowest BCUT2D eigenvalue weighted by Gasteiger charge is -2.28. The van der Waals surface area contributed by atoms with Crippen LogP contribution in [0.3, 0.4) is 0 Å². The molecule has 0 aromatic heterocycles. The van der Waals surface area contributed by atoms with Crippen LogP contribution in [0.2, 0.25) is 0 Å². The van der Waals surface area contributed by atoms with E-state index in [1.165, 1.54) is 0 Å². The molecule has 2 aliphatic rings. The molecule has 2 heterocycles. The lowest BCUT2D eigenvalue weighted by Crippen LogP contribution is -2.39. The molecule has 0 bridgehead atoms. The summed E-state index contributed by atoms with van der Waals surface area (Å²) in [4.78, 5) is 14.9. The normalized spacial score (nSPS) is 23.5. The van der Waals surface area contributed by atoms with E-state index in [0.29, 0.717) is 13.0 Å². The average Bonchev–Trinajstić information content (AvgIpc) is 3.14. The van der Waals surface area contributed by atoms with Gasteiger partial charge in [0.1, 0.15) is 18.0 Å². The minimum absolute atomic E-state index is 0.129. The first-order chi connectivity index (χ1) is 15.1. The summed E-state index contributed by atoms with van der Waals surface area (Å²) in [6, 6.07) is 15.6. The number of carbonyl (C=O) groups excluding carboxylic acids is 1. The molecule has 2 saturated heterocycles. The fraction of sp³-hybridized carbons (Fsp3) is 0.458. The van der Waals surface area contributed by atoms with Gasteiger partial charge in [-0.25, -0.2) is 0 Å². The van der Waals surface area contributed by atoms with Gasteiger partial charge in [0.15, 0.2) is 0 Å². The minimum Gasteiger partial charge on any atom is -0.497 e. The first-order valence-corrected chi connectivity index (χ1v) is 10.8. The fourth-order valence-corrected chi connectivity index (χ4v) is 4.14. The molecule has 2 aromatic rings. The van der Waals surface area contributed by atoms with Crippen LogP contribution in [0.5, 0.6) is 5.75 Å². The molecule has 3 atom stereocenters. The van der Waals surface area contributed by atoms with E-state index < -0.39 is 12.2 Å². The average molecular weight is 427 g/mol. The molecule has 0 spiro atoms. The summed E-state index contributed by atoms with van der Waals surface area (Å²) in [5, 5.41) is 13.6. The van der Waals surface area contributed by atoms with Crippen LogP contribution in [0.1, 0.15) is 11.1 Å². The van der Waals surface area contributed by atoms with Gasteiger partial charge in [0.2, 0.25) is 0 Å². The number of aliphatic hydroxyl groups is 1. The van der Waals surface area contributed by atoms with E-state index in [1.54, 1.807) is 7.11 Å². The highest BCUT2D eigenvalue weighted by atomic mass is 16.6. The van der Waals surface area contributed by atoms with Gasteiger partial charge in [-0.15, -0.1) is 0 Å². The van der Waals surface area contributed by atoms with Gasteiger partial charge < -0.3 is 29.5 Å². The van der Waals surface area contributed by atoms with Gasteiger partial charge in [-0.3, -0.25) is 4.79 Å². The second-order valence-corrected chi connectivity index (χ2v) is 8.03. The Morgan fingerprint density at radius 2 is 1.77 bits per heavy atom. The fourth-order valence-electron chi connectivity index (χ4n) is 4.14. The van der Waals surface area contributed by atoms with Crippen molar-refractivity contribution in [3.8, 4) is 5.75 Å². The van der Waals surface area contributed by atoms with Crippen molar-refractivity contribution in [1.82, 2.24) is 5.32 Å². The van der Waals surface area contributed by atoms with Crippen LogP contribution in [-0.4, -0.2) is 69.3 Å². The molecule has 166 valence electrons. The summed E-state index contributed by atoms with van der Waals surface area (Å²) in [5.41, 5.74) is 3.12. The number of ether oxygens (including phenoxy) is 3. The monoisotopic (exact) mass is 426 g/mol. The molecule has 0 amide bonds. The highest BCUT2D eigenvalue weighted by Gasteiger charge is 2.37. The number of esters is 1. The van der Waals surface area contributed by atoms with E-state index in [-0.39, 0.29) is 18.4 Å². The zero-order valence-electron chi connectivity index (χ0n) is 17.8. The Morgan fingerprint density at radius 1 is 1.10 bits per heavy atom. The standard InChI is InChI=1S/C24H30N2O5/c1-29-20-8-4-17(5-9-20)14-21-24(22(27)16-25-21)31-23(28)15-18-2-6-19(7-3-18)26-10-12-30-13-11-26/h2-9,21-22,24-25,27H,10-16H2,1H3/t21-,22+,24+/m1/s1. The molecule has 7 nitrogen and oxygen atoms in total. The zero-order valence-corrected chi connectivity index (χ0v) is 17.8. The van der Waals surface area contributed by atoms with E-state index in [1.807, 2.05) is 48.5 Å². The molecule has 2 aliphatic heterocycles. The summed E-state index contributed by atoms with van der Waals surface area (Å²) >= 11 is 0. The second-order valence-electron chi connectivity index (χ2n) is 8.03. The van der Waals surface area contributed by atoms with Crippen molar-refractivity contribution in [2.24, 2.45) is 0 Å². The third-order valence-electron chi connectivity index (χ3n) is 5.91. The smallest absolute Gasteiger partial charge is 0.310 e. The summed E-state index contributed by atoms with van der Waals surface area (Å²) in [7, 11) is 1.63. The van der Waals surface area contributed by atoms with E-state index >= 15 is 0 Å². The largest absolute Gasteiger partial charge is 0.497 e. The van der Waals surface area contributed by atoms with Gasteiger partial charge in [-0.2, -0.15) is 0 Å². The van der Waals surface area contributed by atoms with Gasteiger partial charge in [0.25, 0.3) is 0 Å². The third-order valence-corrected chi connectivity index (χ3v) is 5.91. The molecule has 0 radical (unpaired) electrons. The van der Waals surface area contributed by atoms with Crippen molar-refractivity contribution < 1.29 is 24.1 Å². The van der Waals surface area contributed by atoms with Crippen molar-refractivity contribution in [2.75, 3.05) is 44.9 Å². The van der Waals surface area contributed by atoms with E-state index in [2.05, 4.69) is 10.2 Å². The predicted octanol–water partition coefficient (Wildman–Crippen LogP) is 1.56. The van der Waals surface area contributed by atoms with Crippen molar-refractivity contribution in [3.63, 3.8) is 0 Å². The van der Waals surface area contributed by atoms with Crippen molar-refractivity contribution in [2.45, 2.75) is 31.1 Å². The van der Waals surface area contributed by atoms with E-state index in [4.69, 9.17) is 14.2 Å². The highest BCUT2D eigenvalue weighted by molar-refractivity contribution is 5.73. The Morgan fingerprint density at radius 3 is 2.45 bits per heavy atom. The SMILES string of the molecule is COc1ccc(C[C@H]2NC[C@H](O)[C@H]2OC(=O)Cc2ccc(N3CCOCC3)cc2)cc1. The maximum atomic E-state index is 12.6. The number of nitrogens with one attached hydrogen (secondary N) is 1. The van der Waals surface area contributed by atoms with E-state index in [9.17, 15) is 9.90 Å². The Balaban J connectivity index is 1.32. The van der Waals surface area contributed by atoms with Crippen LogP contribution in [0.25, 0.3) is 0 Å². The van der Waals surface area contributed by atoms with Gasteiger partial charge in [-0.1, -0.05) is 24.3 Å². The summed E-state index contributed by atoms with van der Waals surface area (Å²) in [5.74, 6) is 0.470. The number of hydrogen-bond donors (Lipinski definition) is 2. The minimum atomic E-state index is -0.712. The maximum absolute atomic E-state index is 12.6. The van der Waals surface area contributed by atoms with Crippen LogP contribution in [-0.2, 0) is 27.1 Å². The number of β-amino-alcohol motifs (C(OH)–C–C–N with tert-alkyl or cyclic N) is 1. The number of anilines is 1. The lowest BCUT2D eigenvalue weighted by atomic mass is 10.0. The zero-order chi connectivity index (χ0) is 21.6. The molecular weight excluding hydrogens is 396 g/mol. The van der Waals surface area contributed by atoms with Gasteiger partial charge in [0, 0.05) is 25.3 Å². The lowest BCUT2D eigenvalue weighted by molar-refractivity contribution is -0.153. The molecule has 31 heavy (non-hydrogen) atoms. The number of hydrogen-bond acceptors (Lipinski definition) is 7. The molecule has 0 unspecified atom stereocenters.